The van der Waals surface area contributed by atoms with Gasteiger partial charge in [-0.05, 0) is 37.5 Å². The normalized spacial score (nSPS) is 14.3. The molecule has 1 aromatic heterocycles. The van der Waals surface area contributed by atoms with Crippen molar-refractivity contribution in [3.8, 4) is 0 Å². The molecule has 1 aliphatic heterocycles. The first-order chi connectivity index (χ1) is 11.3. The van der Waals surface area contributed by atoms with Crippen molar-refractivity contribution in [2.45, 2.75) is 31.6 Å². The lowest BCUT2D eigenvalue weighted by molar-refractivity contribution is -0.117. The van der Waals surface area contributed by atoms with Crippen LogP contribution in [0.3, 0.4) is 0 Å². The van der Waals surface area contributed by atoms with Gasteiger partial charge in [0.1, 0.15) is 4.90 Å². The second-order valence-electron chi connectivity index (χ2n) is 6.00. The maximum Gasteiger partial charge on any atom is 0.244 e. The number of rotatable bonds is 5. The monoisotopic (exact) mass is 348 g/mol. The fourth-order valence-electron chi connectivity index (χ4n) is 3.02. The van der Waals surface area contributed by atoms with Crippen molar-refractivity contribution in [2.75, 3.05) is 18.5 Å². The molecule has 8 heteroatoms. The van der Waals surface area contributed by atoms with E-state index in [-0.39, 0.29) is 17.3 Å². The van der Waals surface area contributed by atoms with E-state index in [0.29, 0.717) is 24.2 Å². The van der Waals surface area contributed by atoms with E-state index in [2.05, 4.69) is 14.9 Å². The van der Waals surface area contributed by atoms with Crippen molar-refractivity contribution in [1.82, 2.24) is 14.9 Å². The van der Waals surface area contributed by atoms with E-state index in [1.54, 1.807) is 25.8 Å². The largest absolute Gasteiger partial charge is 0.315 e. The van der Waals surface area contributed by atoms with E-state index < -0.39 is 10.0 Å². The number of aromatic nitrogens is 2. The summed E-state index contributed by atoms with van der Waals surface area (Å²) >= 11 is 0. The smallest absolute Gasteiger partial charge is 0.244 e. The van der Waals surface area contributed by atoms with Crippen LogP contribution in [0.5, 0.6) is 0 Å². The summed E-state index contributed by atoms with van der Waals surface area (Å²) in [7, 11) is -1.82. The quantitative estimate of drug-likeness (QED) is 0.845. The third-order valence-electron chi connectivity index (χ3n) is 4.26. The standard InChI is InChI=1S/C16H20N4O3S/c1-10-16(11(2)19-18-10)24(22,23)17-7-6-12-4-5-14-13(8-12)9-15(21)20(14)3/h4-5,8,17H,6-7,9H2,1-3H3,(H,18,19). The molecule has 2 heterocycles. The Kier molecular flexibility index (Phi) is 4.18. The Hall–Kier alpha value is -2.19. The van der Waals surface area contributed by atoms with Gasteiger partial charge in [0.25, 0.3) is 0 Å². The highest BCUT2D eigenvalue weighted by molar-refractivity contribution is 7.89. The summed E-state index contributed by atoms with van der Waals surface area (Å²) in [5, 5.41) is 6.60. The summed E-state index contributed by atoms with van der Waals surface area (Å²) in [6.07, 6.45) is 0.958. The molecule has 0 saturated heterocycles. The Morgan fingerprint density at radius 2 is 2.08 bits per heavy atom. The van der Waals surface area contributed by atoms with Crippen LogP contribution in [0.4, 0.5) is 5.69 Å². The van der Waals surface area contributed by atoms with Crippen molar-refractivity contribution in [3.63, 3.8) is 0 Å². The molecule has 0 bridgehead atoms. The van der Waals surface area contributed by atoms with Crippen molar-refractivity contribution < 1.29 is 13.2 Å². The van der Waals surface area contributed by atoms with Gasteiger partial charge < -0.3 is 4.90 Å². The molecule has 0 atom stereocenters. The topological polar surface area (TPSA) is 95.2 Å². The number of carbonyl (C=O) groups excluding carboxylic acids is 1. The molecule has 1 aromatic carbocycles. The third kappa shape index (κ3) is 2.94. The zero-order valence-corrected chi connectivity index (χ0v) is 14.7. The zero-order chi connectivity index (χ0) is 17.5. The van der Waals surface area contributed by atoms with Gasteiger partial charge in [0.2, 0.25) is 15.9 Å². The summed E-state index contributed by atoms with van der Waals surface area (Å²) < 4.78 is 27.4. The Morgan fingerprint density at radius 3 is 2.75 bits per heavy atom. The van der Waals surface area contributed by atoms with Crippen LogP contribution in [-0.4, -0.2) is 38.1 Å². The van der Waals surface area contributed by atoms with Gasteiger partial charge in [-0.25, -0.2) is 13.1 Å². The van der Waals surface area contributed by atoms with E-state index >= 15 is 0 Å². The highest BCUT2D eigenvalue weighted by Gasteiger charge is 2.24. The lowest BCUT2D eigenvalue weighted by Crippen LogP contribution is -2.26. The second kappa shape index (κ2) is 6.03. The van der Waals surface area contributed by atoms with E-state index in [9.17, 15) is 13.2 Å². The van der Waals surface area contributed by atoms with Crippen LogP contribution in [-0.2, 0) is 27.7 Å². The molecule has 24 heavy (non-hydrogen) atoms. The van der Waals surface area contributed by atoms with E-state index in [0.717, 1.165) is 16.8 Å². The number of anilines is 1. The molecule has 0 saturated carbocycles. The number of nitrogens with zero attached hydrogens (tertiary/aromatic N) is 2. The van der Waals surface area contributed by atoms with E-state index in [1.807, 2.05) is 18.2 Å². The number of benzene rings is 1. The summed E-state index contributed by atoms with van der Waals surface area (Å²) in [6, 6.07) is 5.81. The fourth-order valence-corrected chi connectivity index (χ4v) is 4.42. The number of likely N-dealkylation sites (N-methyl/N-ethyl adjacent to an activating group) is 1. The van der Waals surface area contributed by atoms with E-state index in [4.69, 9.17) is 0 Å². The molecule has 0 fully saturated rings. The number of nitrogens with one attached hydrogen (secondary N) is 2. The fraction of sp³-hybridized carbons (Fsp3) is 0.375. The zero-order valence-electron chi connectivity index (χ0n) is 13.9. The highest BCUT2D eigenvalue weighted by Crippen LogP contribution is 2.28. The molecule has 0 unspecified atom stereocenters. The van der Waals surface area contributed by atoms with Crippen LogP contribution in [0.1, 0.15) is 22.5 Å². The Morgan fingerprint density at radius 1 is 1.33 bits per heavy atom. The maximum atomic E-state index is 12.4. The number of sulfonamides is 1. The van der Waals surface area contributed by atoms with Crippen molar-refractivity contribution in [2.24, 2.45) is 0 Å². The molecular weight excluding hydrogens is 328 g/mol. The minimum Gasteiger partial charge on any atom is -0.315 e. The number of aryl methyl sites for hydroxylation is 2. The van der Waals surface area contributed by atoms with Gasteiger partial charge in [-0.2, -0.15) is 5.10 Å². The molecule has 1 aliphatic rings. The lowest BCUT2D eigenvalue weighted by Gasteiger charge is -2.11. The molecule has 2 aromatic rings. The van der Waals surface area contributed by atoms with Gasteiger partial charge in [0.15, 0.2) is 0 Å². The number of hydrogen-bond acceptors (Lipinski definition) is 4. The summed E-state index contributed by atoms with van der Waals surface area (Å²) in [5.74, 6) is 0.0776. The van der Waals surface area contributed by atoms with E-state index in [1.165, 1.54) is 0 Å². The first-order valence-electron chi connectivity index (χ1n) is 7.69. The van der Waals surface area contributed by atoms with Gasteiger partial charge in [0, 0.05) is 19.3 Å². The summed E-state index contributed by atoms with van der Waals surface area (Å²) in [6.45, 7) is 3.63. The van der Waals surface area contributed by atoms with Crippen LogP contribution in [0.2, 0.25) is 0 Å². The second-order valence-corrected chi connectivity index (χ2v) is 7.71. The lowest BCUT2D eigenvalue weighted by atomic mass is 10.1. The molecule has 7 nitrogen and oxygen atoms in total. The first-order valence-corrected chi connectivity index (χ1v) is 9.17. The maximum absolute atomic E-state index is 12.4. The molecule has 2 N–H and O–H groups in total. The van der Waals surface area contributed by atoms with Crippen LogP contribution >= 0.6 is 0 Å². The average molecular weight is 348 g/mol. The SMILES string of the molecule is Cc1n[nH]c(C)c1S(=O)(=O)NCCc1ccc2c(c1)CC(=O)N2C. The number of aromatic amines is 1. The van der Waals surface area contributed by atoms with Crippen LogP contribution in [0.15, 0.2) is 23.1 Å². The number of carbonyl (C=O) groups is 1. The van der Waals surface area contributed by atoms with Crippen LogP contribution in [0.25, 0.3) is 0 Å². The summed E-state index contributed by atoms with van der Waals surface area (Å²) in [5.41, 5.74) is 3.90. The molecular formula is C16H20N4O3S. The minimum atomic E-state index is -3.58. The highest BCUT2D eigenvalue weighted by atomic mass is 32.2. The molecule has 0 radical (unpaired) electrons. The third-order valence-corrected chi connectivity index (χ3v) is 5.98. The van der Waals surface area contributed by atoms with Crippen molar-refractivity contribution in [1.29, 1.82) is 0 Å². The van der Waals surface area contributed by atoms with Crippen molar-refractivity contribution >= 4 is 21.6 Å². The van der Waals surface area contributed by atoms with Gasteiger partial charge in [-0.1, -0.05) is 12.1 Å². The summed E-state index contributed by atoms with van der Waals surface area (Å²) in [4.78, 5) is 13.6. The average Bonchev–Trinajstić information content (AvgIpc) is 2.99. The minimum absolute atomic E-state index is 0.0776. The Bertz CT molecular complexity index is 883. The number of hydrogen-bond donors (Lipinski definition) is 2. The molecule has 128 valence electrons. The van der Waals surface area contributed by atoms with Crippen LogP contribution in [0, 0.1) is 13.8 Å². The van der Waals surface area contributed by atoms with Gasteiger partial charge in [-0.3, -0.25) is 9.89 Å². The number of fused-ring (bicyclic) bond motifs is 1. The van der Waals surface area contributed by atoms with Crippen LogP contribution < -0.4 is 9.62 Å². The Balaban J connectivity index is 1.67. The number of H-pyrrole nitrogens is 1. The van der Waals surface area contributed by atoms with Gasteiger partial charge in [0.05, 0.1) is 17.8 Å². The molecule has 0 aliphatic carbocycles. The predicted molar refractivity (Wildman–Crippen MR) is 90.5 cm³/mol. The van der Waals surface area contributed by atoms with Crippen molar-refractivity contribution in [3.05, 3.63) is 40.7 Å². The molecule has 3 rings (SSSR count). The van der Waals surface area contributed by atoms with Gasteiger partial charge in [-0.15, -0.1) is 0 Å². The predicted octanol–water partition coefficient (Wildman–Crippen LogP) is 1.07. The molecule has 0 spiro atoms. The molecule has 1 amide bonds. The van der Waals surface area contributed by atoms with Gasteiger partial charge >= 0.3 is 0 Å². The first kappa shape index (κ1) is 16.7. The Labute approximate surface area is 141 Å². The number of amides is 1.